The molecule has 1 aliphatic rings. The largest absolute Gasteiger partial charge is 0.341 e. The van der Waals surface area contributed by atoms with Gasteiger partial charge in [-0.2, -0.15) is 0 Å². The number of nitrogens with zero attached hydrogens (tertiary/aromatic N) is 3. The summed E-state index contributed by atoms with van der Waals surface area (Å²) in [6.07, 6.45) is 2.23. The monoisotopic (exact) mass is 427 g/mol. The van der Waals surface area contributed by atoms with Crippen LogP contribution in [-0.2, 0) is 11.2 Å². The highest BCUT2D eigenvalue weighted by molar-refractivity contribution is 5.93. The molecule has 1 atom stereocenters. The fraction of sp³-hybridized carbons (Fsp3) is 0.296. The van der Waals surface area contributed by atoms with Gasteiger partial charge in [0.1, 0.15) is 5.69 Å². The minimum Gasteiger partial charge on any atom is -0.341 e. The molecule has 2 amide bonds. The van der Waals surface area contributed by atoms with Gasteiger partial charge in [-0.25, -0.2) is 0 Å². The van der Waals surface area contributed by atoms with Gasteiger partial charge in [-0.3, -0.25) is 14.6 Å². The van der Waals surface area contributed by atoms with Gasteiger partial charge >= 0.3 is 0 Å². The van der Waals surface area contributed by atoms with E-state index in [1.54, 1.807) is 23.2 Å². The van der Waals surface area contributed by atoms with E-state index in [1.807, 2.05) is 36.1 Å². The van der Waals surface area contributed by atoms with Crippen LogP contribution in [0.5, 0.6) is 0 Å². The average molecular weight is 428 g/mol. The number of amides is 2. The maximum Gasteiger partial charge on any atom is 0.272 e. The SMILES string of the molecule is CCN1CCN(C(=O)c2ccccn2)CC(Cc2cccc(-c3ccccc3C)c2)C1=O. The van der Waals surface area contributed by atoms with Crippen LogP contribution in [0, 0.1) is 12.8 Å². The number of aryl methyl sites for hydroxylation is 1. The van der Waals surface area contributed by atoms with Crippen LogP contribution in [-0.4, -0.2) is 52.8 Å². The Morgan fingerprint density at radius 1 is 1.03 bits per heavy atom. The standard InChI is InChI=1S/C27H29N3O2/c1-3-29-15-16-30(27(32)25-13-6-7-14-28-25)19-23(26(29)31)18-21-10-8-11-22(17-21)24-12-5-4-9-20(24)2/h4-14,17,23H,3,15-16,18-19H2,1-2H3. The van der Waals surface area contributed by atoms with Crippen molar-refractivity contribution in [3.63, 3.8) is 0 Å². The summed E-state index contributed by atoms with van der Waals surface area (Å²) in [4.78, 5) is 34.2. The number of pyridine rings is 1. The lowest BCUT2D eigenvalue weighted by Crippen LogP contribution is -2.38. The first kappa shape index (κ1) is 21.8. The highest BCUT2D eigenvalue weighted by Gasteiger charge is 2.32. The fourth-order valence-corrected chi connectivity index (χ4v) is 4.39. The zero-order valence-corrected chi connectivity index (χ0v) is 18.7. The third kappa shape index (κ3) is 4.72. The molecule has 0 radical (unpaired) electrons. The number of aromatic nitrogens is 1. The molecule has 1 fully saturated rings. The summed E-state index contributed by atoms with van der Waals surface area (Å²) in [6, 6.07) is 22.1. The van der Waals surface area contributed by atoms with E-state index in [0.29, 0.717) is 38.3 Å². The van der Waals surface area contributed by atoms with Crippen LogP contribution in [0.15, 0.2) is 72.9 Å². The number of carbonyl (C=O) groups is 2. The van der Waals surface area contributed by atoms with E-state index < -0.39 is 0 Å². The van der Waals surface area contributed by atoms with Crippen LogP contribution in [0.4, 0.5) is 0 Å². The average Bonchev–Trinajstić information content (AvgIpc) is 2.98. The molecular formula is C27H29N3O2. The molecule has 0 spiro atoms. The Morgan fingerprint density at radius 3 is 2.59 bits per heavy atom. The zero-order valence-electron chi connectivity index (χ0n) is 18.7. The summed E-state index contributed by atoms with van der Waals surface area (Å²) in [5.74, 6) is -0.280. The molecule has 1 unspecified atom stereocenters. The van der Waals surface area contributed by atoms with Crippen molar-refractivity contribution in [2.24, 2.45) is 5.92 Å². The summed E-state index contributed by atoms with van der Waals surface area (Å²) in [6.45, 7) is 6.22. The predicted molar refractivity (Wildman–Crippen MR) is 126 cm³/mol. The number of likely N-dealkylation sites (N-methyl/N-ethyl adjacent to an activating group) is 1. The Hall–Kier alpha value is -3.47. The van der Waals surface area contributed by atoms with Crippen molar-refractivity contribution < 1.29 is 9.59 Å². The number of hydrogen-bond donors (Lipinski definition) is 0. The van der Waals surface area contributed by atoms with Crippen LogP contribution < -0.4 is 0 Å². The van der Waals surface area contributed by atoms with Crippen LogP contribution in [0.25, 0.3) is 11.1 Å². The maximum atomic E-state index is 13.3. The van der Waals surface area contributed by atoms with Crippen molar-refractivity contribution in [1.29, 1.82) is 0 Å². The van der Waals surface area contributed by atoms with Gasteiger partial charge < -0.3 is 9.80 Å². The molecule has 0 bridgehead atoms. The minimum atomic E-state index is -0.280. The molecule has 5 nitrogen and oxygen atoms in total. The van der Waals surface area contributed by atoms with Crippen LogP contribution in [0.2, 0.25) is 0 Å². The summed E-state index contributed by atoms with van der Waals surface area (Å²) >= 11 is 0. The molecule has 2 aromatic carbocycles. The smallest absolute Gasteiger partial charge is 0.272 e. The third-order valence-corrected chi connectivity index (χ3v) is 6.16. The van der Waals surface area contributed by atoms with Crippen LogP contribution >= 0.6 is 0 Å². The van der Waals surface area contributed by atoms with E-state index in [4.69, 9.17) is 0 Å². The van der Waals surface area contributed by atoms with Gasteiger partial charge in [-0.1, -0.05) is 54.6 Å². The summed E-state index contributed by atoms with van der Waals surface area (Å²) in [7, 11) is 0. The normalized spacial score (nSPS) is 16.7. The number of benzene rings is 2. The fourth-order valence-electron chi connectivity index (χ4n) is 4.39. The first-order valence-corrected chi connectivity index (χ1v) is 11.2. The van der Waals surface area contributed by atoms with E-state index in [9.17, 15) is 9.59 Å². The molecule has 2 heterocycles. The van der Waals surface area contributed by atoms with Gasteiger partial charge in [-0.05, 0) is 54.7 Å². The lowest BCUT2D eigenvalue weighted by Gasteiger charge is -2.23. The molecule has 32 heavy (non-hydrogen) atoms. The molecule has 1 saturated heterocycles. The second-order valence-electron chi connectivity index (χ2n) is 8.30. The quantitative estimate of drug-likeness (QED) is 0.613. The van der Waals surface area contributed by atoms with E-state index in [2.05, 4.69) is 42.2 Å². The lowest BCUT2D eigenvalue weighted by atomic mass is 9.93. The van der Waals surface area contributed by atoms with Crippen molar-refractivity contribution in [3.8, 4) is 11.1 Å². The van der Waals surface area contributed by atoms with Crippen molar-refractivity contribution in [2.75, 3.05) is 26.2 Å². The van der Waals surface area contributed by atoms with Gasteiger partial charge in [0, 0.05) is 32.4 Å². The van der Waals surface area contributed by atoms with Gasteiger partial charge in [0.2, 0.25) is 5.91 Å². The Kier molecular flexibility index (Phi) is 6.64. The Morgan fingerprint density at radius 2 is 1.84 bits per heavy atom. The molecular weight excluding hydrogens is 398 g/mol. The molecule has 0 aliphatic carbocycles. The number of carbonyl (C=O) groups excluding carboxylic acids is 2. The first-order valence-electron chi connectivity index (χ1n) is 11.2. The molecule has 0 N–H and O–H groups in total. The Balaban J connectivity index is 1.59. The Bertz CT molecular complexity index is 1100. The first-order chi connectivity index (χ1) is 15.6. The topological polar surface area (TPSA) is 53.5 Å². The van der Waals surface area contributed by atoms with Crippen LogP contribution in [0.1, 0.15) is 28.5 Å². The number of hydrogen-bond acceptors (Lipinski definition) is 3. The van der Waals surface area contributed by atoms with Gasteiger partial charge in [-0.15, -0.1) is 0 Å². The summed E-state index contributed by atoms with van der Waals surface area (Å²) < 4.78 is 0. The van der Waals surface area contributed by atoms with E-state index in [1.165, 1.54) is 11.1 Å². The molecule has 0 saturated carbocycles. The summed E-state index contributed by atoms with van der Waals surface area (Å²) in [5.41, 5.74) is 5.09. The predicted octanol–water partition coefficient (Wildman–Crippen LogP) is 4.22. The summed E-state index contributed by atoms with van der Waals surface area (Å²) in [5, 5.41) is 0. The number of rotatable bonds is 5. The zero-order chi connectivity index (χ0) is 22.5. The molecule has 1 aliphatic heterocycles. The highest BCUT2D eigenvalue weighted by Crippen LogP contribution is 2.26. The van der Waals surface area contributed by atoms with Crippen molar-refractivity contribution >= 4 is 11.8 Å². The lowest BCUT2D eigenvalue weighted by molar-refractivity contribution is -0.134. The van der Waals surface area contributed by atoms with Crippen molar-refractivity contribution in [2.45, 2.75) is 20.3 Å². The highest BCUT2D eigenvalue weighted by atomic mass is 16.2. The van der Waals surface area contributed by atoms with Gasteiger partial charge in [0.05, 0.1) is 5.92 Å². The molecule has 3 aromatic rings. The minimum absolute atomic E-state index is 0.116. The Labute approximate surface area is 189 Å². The van der Waals surface area contributed by atoms with Crippen molar-refractivity contribution in [3.05, 3.63) is 89.7 Å². The second-order valence-corrected chi connectivity index (χ2v) is 8.30. The third-order valence-electron chi connectivity index (χ3n) is 6.16. The van der Waals surface area contributed by atoms with E-state index in [0.717, 1.165) is 11.1 Å². The second kappa shape index (κ2) is 9.77. The van der Waals surface area contributed by atoms with Crippen molar-refractivity contribution in [1.82, 2.24) is 14.8 Å². The van der Waals surface area contributed by atoms with E-state index in [-0.39, 0.29) is 17.7 Å². The van der Waals surface area contributed by atoms with Crippen LogP contribution in [0.3, 0.4) is 0 Å². The molecule has 4 rings (SSSR count). The van der Waals surface area contributed by atoms with E-state index >= 15 is 0 Å². The molecule has 5 heteroatoms. The van der Waals surface area contributed by atoms with Gasteiger partial charge in [0.25, 0.3) is 5.91 Å². The maximum absolute atomic E-state index is 13.3. The molecule has 164 valence electrons. The van der Waals surface area contributed by atoms with Gasteiger partial charge in [0.15, 0.2) is 0 Å². The molecule has 1 aromatic heterocycles.